The summed E-state index contributed by atoms with van der Waals surface area (Å²) in [5.41, 5.74) is 11.9. The van der Waals surface area contributed by atoms with E-state index >= 15 is 0 Å². The molecule has 0 bridgehead atoms. The molecule has 1 aliphatic heterocycles. The molecule has 1 aromatic carbocycles. The van der Waals surface area contributed by atoms with Crippen molar-refractivity contribution in [2.24, 2.45) is 11.0 Å². The van der Waals surface area contributed by atoms with Crippen LogP contribution in [0.3, 0.4) is 0 Å². The number of azide groups is 1. The van der Waals surface area contributed by atoms with Crippen LogP contribution in [0.2, 0.25) is 0 Å². The fourth-order valence-electron chi connectivity index (χ4n) is 4.24. The highest BCUT2D eigenvalue weighted by Crippen LogP contribution is 2.30. The van der Waals surface area contributed by atoms with Crippen LogP contribution in [0.1, 0.15) is 38.2 Å². The summed E-state index contributed by atoms with van der Waals surface area (Å²) in [6.45, 7) is 4.68. The van der Waals surface area contributed by atoms with E-state index in [2.05, 4.69) is 42.2 Å². The minimum absolute atomic E-state index is 0.0483. The summed E-state index contributed by atoms with van der Waals surface area (Å²) in [5, 5.41) is 20.7. The maximum absolute atomic E-state index is 11.2. The number of ether oxygens (including phenoxy) is 1. The number of hydrogen-bond donors (Lipinski definition) is 2. The monoisotopic (exact) mass is 479 g/mol. The predicted octanol–water partition coefficient (Wildman–Crippen LogP) is 4.34. The molecule has 3 heterocycles. The highest BCUT2D eigenvalue weighted by atomic mass is 16.5. The Bertz CT molecular complexity index is 1240. The van der Waals surface area contributed by atoms with Crippen LogP contribution in [0, 0.1) is 5.92 Å². The summed E-state index contributed by atoms with van der Waals surface area (Å²) in [4.78, 5) is 24.9. The number of aliphatic carboxylic acids is 1. The largest absolute Gasteiger partial charge is 0.496 e. The van der Waals surface area contributed by atoms with Gasteiger partial charge in [-0.05, 0) is 36.0 Å². The molecule has 1 fully saturated rings. The smallest absolute Gasteiger partial charge is 0.306 e. The number of nitrogens with zero attached hydrogens (tertiary/aromatic N) is 8. The van der Waals surface area contributed by atoms with Crippen molar-refractivity contribution in [2.75, 3.05) is 37.0 Å². The number of carboxylic acid groups (broad SMARTS) is 1. The Morgan fingerprint density at radius 1 is 1.34 bits per heavy atom. The molecule has 0 unspecified atom stereocenters. The summed E-state index contributed by atoms with van der Waals surface area (Å²) >= 11 is 0. The lowest BCUT2D eigenvalue weighted by atomic mass is 9.96. The Kier molecular flexibility index (Phi) is 7.51. The van der Waals surface area contributed by atoms with Gasteiger partial charge >= 0.3 is 5.97 Å². The van der Waals surface area contributed by atoms with Gasteiger partial charge in [0.1, 0.15) is 11.3 Å². The number of benzene rings is 1. The first-order valence-corrected chi connectivity index (χ1v) is 11.7. The van der Waals surface area contributed by atoms with Crippen molar-refractivity contribution in [3.8, 4) is 5.75 Å². The Morgan fingerprint density at radius 2 is 2.14 bits per heavy atom. The Morgan fingerprint density at radius 3 is 2.83 bits per heavy atom. The molecule has 0 aliphatic carbocycles. The van der Waals surface area contributed by atoms with Gasteiger partial charge in [-0.25, -0.2) is 9.97 Å². The molecule has 0 amide bonds. The van der Waals surface area contributed by atoms with E-state index in [1.54, 1.807) is 18.0 Å². The van der Waals surface area contributed by atoms with E-state index in [9.17, 15) is 9.90 Å². The number of carboxylic acids is 1. The van der Waals surface area contributed by atoms with Gasteiger partial charge in [0, 0.05) is 41.9 Å². The molecule has 35 heavy (non-hydrogen) atoms. The van der Waals surface area contributed by atoms with Crippen LogP contribution < -0.4 is 15.0 Å². The van der Waals surface area contributed by atoms with E-state index in [1.165, 1.54) is 0 Å². The lowest BCUT2D eigenvalue weighted by Gasteiger charge is -2.32. The molecule has 4 rings (SSSR count). The molecule has 2 N–H and O–H groups in total. The molecule has 1 aliphatic rings. The molecule has 0 radical (unpaired) electrons. The standard InChI is InChI=1S/C23H29N9O3/c1-3-4-9-25-21-20-18(26-23(27-21)28-30-24)14-32(29-20)13-16-5-6-17(12-19(16)35-2)31-10-7-15(8-11-31)22(33)34/h5-6,12,14-15H,3-4,7-11,13H2,1-2H3,(H,33,34)(H,25,26,27). The first-order valence-electron chi connectivity index (χ1n) is 11.7. The molecule has 2 aromatic heterocycles. The summed E-state index contributed by atoms with van der Waals surface area (Å²) in [6, 6.07) is 6.01. The van der Waals surface area contributed by atoms with E-state index in [0.717, 1.165) is 36.4 Å². The lowest BCUT2D eigenvalue weighted by Crippen LogP contribution is -2.36. The molecule has 0 saturated carbocycles. The summed E-state index contributed by atoms with van der Waals surface area (Å²) in [6.07, 6.45) is 5.06. The zero-order valence-electron chi connectivity index (χ0n) is 19.9. The van der Waals surface area contributed by atoms with Crippen molar-refractivity contribution < 1.29 is 14.6 Å². The second-order valence-electron chi connectivity index (χ2n) is 8.50. The molecule has 3 aromatic rings. The number of methoxy groups -OCH3 is 1. The first kappa shape index (κ1) is 24.1. The Labute approximate surface area is 202 Å². The van der Waals surface area contributed by atoms with Crippen molar-refractivity contribution in [1.29, 1.82) is 0 Å². The highest BCUT2D eigenvalue weighted by Gasteiger charge is 2.25. The van der Waals surface area contributed by atoms with E-state index in [1.807, 2.05) is 18.2 Å². The van der Waals surface area contributed by atoms with Crippen molar-refractivity contribution in [3.63, 3.8) is 0 Å². The van der Waals surface area contributed by atoms with Gasteiger partial charge in [0.15, 0.2) is 11.3 Å². The minimum Gasteiger partial charge on any atom is -0.496 e. The van der Waals surface area contributed by atoms with Gasteiger partial charge in [-0.2, -0.15) is 5.10 Å². The number of unbranched alkanes of at least 4 members (excludes halogenated alkanes) is 1. The third-order valence-electron chi connectivity index (χ3n) is 6.17. The fraction of sp³-hybridized carbons (Fsp3) is 0.478. The molecule has 184 valence electrons. The molecule has 0 atom stereocenters. The van der Waals surface area contributed by atoms with Crippen LogP contribution in [-0.2, 0) is 11.3 Å². The molecule has 12 heteroatoms. The maximum atomic E-state index is 11.2. The number of piperidine rings is 1. The van der Waals surface area contributed by atoms with Crippen molar-refractivity contribution in [1.82, 2.24) is 19.7 Å². The summed E-state index contributed by atoms with van der Waals surface area (Å²) in [5.74, 6) is 0.322. The topological polar surface area (TPSA) is 154 Å². The molecule has 0 spiro atoms. The quantitative estimate of drug-likeness (QED) is 0.188. The van der Waals surface area contributed by atoms with E-state index < -0.39 is 5.97 Å². The average Bonchev–Trinajstić information content (AvgIpc) is 3.27. The second-order valence-corrected chi connectivity index (χ2v) is 8.50. The van der Waals surface area contributed by atoms with Crippen molar-refractivity contribution in [2.45, 2.75) is 39.2 Å². The minimum atomic E-state index is -0.718. The second kappa shape index (κ2) is 10.9. The maximum Gasteiger partial charge on any atom is 0.306 e. The molecule has 12 nitrogen and oxygen atoms in total. The third-order valence-corrected chi connectivity index (χ3v) is 6.17. The molecular formula is C23H29N9O3. The van der Waals surface area contributed by atoms with Crippen molar-refractivity contribution in [3.05, 3.63) is 40.4 Å². The zero-order valence-corrected chi connectivity index (χ0v) is 19.9. The van der Waals surface area contributed by atoms with Crippen molar-refractivity contribution >= 4 is 34.5 Å². The normalized spacial score (nSPS) is 14.1. The summed E-state index contributed by atoms with van der Waals surface area (Å²) in [7, 11) is 1.63. The number of anilines is 2. The van der Waals surface area contributed by atoms with Crippen LogP contribution >= 0.6 is 0 Å². The van der Waals surface area contributed by atoms with Gasteiger partial charge in [-0.15, -0.1) is 0 Å². The summed E-state index contributed by atoms with van der Waals surface area (Å²) < 4.78 is 7.43. The number of hydrogen-bond acceptors (Lipinski definition) is 8. The van der Waals surface area contributed by atoms with E-state index in [4.69, 9.17) is 10.3 Å². The number of aromatic nitrogens is 4. The number of nitrogens with one attached hydrogen (secondary N) is 1. The van der Waals surface area contributed by atoms with Gasteiger partial charge in [-0.3, -0.25) is 9.48 Å². The van der Waals surface area contributed by atoms with E-state index in [0.29, 0.717) is 49.3 Å². The number of carbonyl (C=O) groups is 1. The first-order chi connectivity index (χ1) is 17.0. The van der Waals surface area contributed by atoms with Crippen LogP contribution in [0.15, 0.2) is 29.5 Å². The van der Waals surface area contributed by atoms with Crippen LogP contribution in [0.4, 0.5) is 17.5 Å². The lowest BCUT2D eigenvalue weighted by molar-refractivity contribution is -0.142. The predicted molar refractivity (Wildman–Crippen MR) is 132 cm³/mol. The van der Waals surface area contributed by atoms with E-state index in [-0.39, 0.29) is 11.9 Å². The van der Waals surface area contributed by atoms with Crippen LogP contribution in [0.25, 0.3) is 21.5 Å². The van der Waals surface area contributed by atoms with Crippen LogP contribution in [-0.4, -0.2) is 57.6 Å². The third kappa shape index (κ3) is 5.55. The van der Waals surface area contributed by atoms with Gasteiger partial charge in [0.05, 0.1) is 25.8 Å². The zero-order chi connectivity index (χ0) is 24.8. The van der Waals surface area contributed by atoms with Gasteiger partial charge in [-0.1, -0.05) is 19.4 Å². The Hall–Kier alpha value is -4.05. The average molecular weight is 480 g/mol. The number of rotatable bonds is 10. The molecule has 1 saturated heterocycles. The molecular weight excluding hydrogens is 450 g/mol. The van der Waals surface area contributed by atoms with Gasteiger partial charge < -0.3 is 20.1 Å². The van der Waals surface area contributed by atoms with Crippen LogP contribution in [0.5, 0.6) is 5.75 Å². The van der Waals surface area contributed by atoms with Gasteiger partial charge in [0.25, 0.3) is 0 Å². The Balaban J connectivity index is 1.56. The van der Waals surface area contributed by atoms with Gasteiger partial charge in [0.2, 0.25) is 5.95 Å². The highest BCUT2D eigenvalue weighted by molar-refractivity contribution is 5.85. The number of fused-ring (bicyclic) bond motifs is 1. The fourth-order valence-corrected chi connectivity index (χ4v) is 4.24. The SMILES string of the molecule is CCCCNc1nc(N=[N+]=[N-])nc2cn(Cc3ccc(N4CCC(C(=O)O)CC4)cc3OC)nc12.